The predicted octanol–water partition coefficient (Wildman–Crippen LogP) is 2.73. The summed E-state index contributed by atoms with van der Waals surface area (Å²) in [5.74, 6) is -0.475. The van der Waals surface area contributed by atoms with Crippen LogP contribution in [0.1, 0.15) is 20.3 Å². The Balaban J connectivity index is 2.32. The highest BCUT2D eigenvalue weighted by atomic mass is 35.5. The minimum Gasteiger partial charge on any atom is -0.482 e. The molecule has 5 nitrogen and oxygen atoms in total. The van der Waals surface area contributed by atoms with E-state index in [-0.39, 0.29) is 17.4 Å². The van der Waals surface area contributed by atoms with Crippen LogP contribution in [-0.4, -0.2) is 25.1 Å². The Bertz CT molecular complexity index is 509. The van der Waals surface area contributed by atoms with Gasteiger partial charge < -0.3 is 10.1 Å². The van der Waals surface area contributed by atoms with Crippen molar-refractivity contribution in [3.63, 3.8) is 0 Å². The van der Waals surface area contributed by atoms with Gasteiger partial charge in [-0.2, -0.15) is 0 Å². The molecule has 1 aromatic carbocycles. The fraction of sp³-hybridized carbons (Fsp3) is 0.429. The third-order valence-electron chi connectivity index (χ3n) is 2.51. The summed E-state index contributed by atoms with van der Waals surface area (Å²) in [4.78, 5) is 22.9. The summed E-state index contributed by atoms with van der Waals surface area (Å²) in [6.45, 7) is 4.17. The monoisotopic (exact) mass is 316 g/mol. The van der Waals surface area contributed by atoms with Gasteiger partial charge in [-0.15, -0.1) is 0 Å². The standard InChI is InChI=1S/C14H18ClFN2O3/c1-9(2)5-6-17-14(20)18-13(19)8-21-12-4-3-10(16)7-11(12)15/h3-4,7,9H,5-6,8H2,1-2H3,(H2,17,18,19,20). The molecule has 0 radical (unpaired) electrons. The molecule has 0 spiro atoms. The second-order valence-electron chi connectivity index (χ2n) is 4.85. The van der Waals surface area contributed by atoms with Crippen LogP contribution in [0.5, 0.6) is 5.75 Å². The van der Waals surface area contributed by atoms with Crippen molar-refractivity contribution in [2.24, 2.45) is 5.92 Å². The number of carbonyl (C=O) groups excluding carboxylic acids is 2. The molecule has 0 aromatic heterocycles. The number of amides is 3. The fourth-order valence-electron chi connectivity index (χ4n) is 1.42. The van der Waals surface area contributed by atoms with Gasteiger partial charge in [0, 0.05) is 6.54 Å². The highest BCUT2D eigenvalue weighted by Gasteiger charge is 2.10. The van der Waals surface area contributed by atoms with Crippen LogP contribution in [-0.2, 0) is 4.79 Å². The van der Waals surface area contributed by atoms with E-state index in [2.05, 4.69) is 10.6 Å². The zero-order chi connectivity index (χ0) is 15.8. The molecule has 0 saturated heterocycles. The van der Waals surface area contributed by atoms with Crippen molar-refractivity contribution >= 4 is 23.5 Å². The maximum atomic E-state index is 12.8. The van der Waals surface area contributed by atoms with Gasteiger partial charge >= 0.3 is 6.03 Å². The molecule has 3 amide bonds. The SMILES string of the molecule is CC(C)CCNC(=O)NC(=O)COc1ccc(F)cc1Cl. The molecule has 0 fully saturated rings. The highest BCUT2D eigenvalue weighted by molar-refractivity contribution is 6.32. The summed E-state index contributed by atoms with van der Waals surface area (Å²) >= 11 is 5.74. The van der Waals surface area contributed by atoms with Gasteiger partial charge in [0.1, 0.15) is 11.6 Å². The summed E-state index contributed by atoms with van der Waals surface area (Å²) < 4.78 is 17.9. The van der Waals surface area contributed by atoms with Crippen LogP contribution in [0, 0.1) is 11.7 Å². The first kappa shape index (κ1) is 17.2. The van der Waals surface area contributed by atoms with Gasteiger partial charge in [-0.25, -0.2) is 9.18 Å². The summed E-state index contributed by atoms with van der Waals surface area (Å²) in [7, 11) is 0. The summed E-state index contributed by atoms with van der Waals surface area (Å²) in [6.07, 6.45) is 0.823. The normalized spacial score (nSPS) is 10.3. The van der Waals surface area contributed by atoms with Crippen LogP contribution in [0.25, 0.3) is 0 Å². The van der Waals surface area contributed by atoms with E-state index in [1.54, 1.807) is 0 Å². The molecule has 7 heteroatoms. The number of benzene rings is 1. The number of hydrogen-bond donors (Lipinski definition) is 2. The number of rotatable bonds is 6. The van der Waals surface area contributed by atoms with Crippen molar-refractivity contribution in [2.75, 3.05) is 13.2 Å². The Morgan fingerprint density at radius 1 is 1.38 bits per heavy atom. The minimum absolute atomic E-state index is 0.0594. The lowest BCUT2D eigenvalue weighted by molar-refractivity contribution is -0.122. The number of hydrogen-bond acceptors (Lipinski definition) is 3. The number of halogens is 2. The molecule has 2 N–H and O–H groups in total. The molecule has 0 unspecified atom stereocenters. The van der Waals surface area contributed by atoms with Crippen molar-refractivity contribution in [1.29, 1.82) is 0 Å². The van der Waals surface area contributed by atoms with Crippen LogP contribution in [0.15, 0.2) is 18.2 Å². The summed E-state index contributed by atoms with van der Waals surface area (Å²) in [6, 6.07) is 2.98. The van der Waals surface area contributed by atoms with Gasteiger partial charge in [0.25, 0.3) is 5.91 Å². The first-order valence-corrected chi connectivity index (χ1v) is 6.92. The third-order valence-corrected chi connectivity index (χ3v) is 2.81. The molecule has 0 aliphatic heterocycles. The van der Waals surface area contributed by atoms with Crippen LogP contribution < -0.4 is 15.4 Å². The molecular weight excluding hydrogens is 299 g/mol. The fourth-order valence-corrected chi connectivity index (χ4v) is 1.64. The van der Waals surface area contributed by atoms with Gasteiger partial charge in [-0.1, -0.05) is 25.4 Å². The maximum Gasteiger partial charge on any atom is 0.321 e. The number of carbonyl (C=O) groups is 2. The molecule has 1 aromatic rings. The van der Waals surface area contributed by atoms with Crippen molar-refractivity contribution in [2.45, 2.75) is 20.3 Å². The first-order chi connectivity index (χ1) is 9.88. The van der Waals surface area contributed by atoms with E-state index in [4.69, 9.17) is 16.3 Å². The van der Waals surface area contributed by atoms with Crippen LogP contribution >= 0.6 is 11.6 Å². The molecule has 0 aliphatic carbocycles. The van der Waals surface area contributed by atoms with E-state index in [1.807, 2.05) is 13.8 Å². The van der Waals surface area contributed by atoms with Crippen molar-refractivity contribution in [3.8, 4) is 5.75 Å². The minimum atomic E-state index is -0.613. The van der Waals surface area contributed by atoms with Gasteiger partial charge in [0.15, 0.2) is 6.61 Å². The quantitative estimate of drug-likeness (QED) is 0.848. The van der Waals surface area contributed by atoms with Gasteiger partial charge in [-0.05, 0) is 30.5 Å². The number of imide groups is 1. The maximum absolute atomic E-state index is 12.8. The summed E-state index contributed by atoms with van der Waals surface area (Å²) in [5, 5.41) is 4.74. The van der Waals surface area contributed by atoms with Crippen LogP contribution in [0.4, 0.5) is 9.18 Å². The largest absolute Gasteiger partial charge is 0.482 e. The van der Waals surface area contributed by atoms with E-state index in [9.17, 15) is 14.0 Å². The zero-order valence-electron chi connectivity index (χ0n) is 11.9. The Labute approximate surface area is 127 Å². The molecule has 0 aliphatic rings. The molecule has 1 rings (SSSR count). The smallest absolute Gasteiger partial charge is 0.321 e. The average molecular weight is 317 g/mol. The van der Waals surface area contributed by atoms with Crippen molar-refractivity contribution in [1.82, 2.24) is 10.6 Å². The lowest BCUT2D eigenvalue weighted by atomic mass is 10.1. The Kier molecular flexibility index (Phi) is 6.94. The second kappa shape index (κ2) is 8.46. The Morgan fingerprint density at radius 2 is 2.10 bits per heavy atom. The zero-order valence-corrected chi connectivity index (χ0v) is 12.7. The highest BCUT2D eigenvalue weighted by Crippen LogP contribution is 2.24. The van der Waals surface area contributed by atoms with Crippen molar-refractivity contribution in [3.05, 3.63) is 29.0 Å². The van der Waals surface area contributed by atoms with Crippen LogP contribution in [0.2, 0.25) is 5.02 Å². The second-order valence-corrected chi connectivity index (χ2v) is 5.26. The Hall–Kier alpha value is -1.82. The van der Waals surface area contributed by atoms with E-state index in [0.29, 0.717) is 12.5 Å². The molecule has 0 heterocycles. The lowest BCUT2D eigenvalue weighted by Crippen LogP contribution is -2.42. The molecule has 0 bridgehead atoms. The molecular formula is C14H18ClFN2O3. The van der Waals surface area contributed by atoms with Gasteiger partial charge in [0.2, 0.25) is 0 Å². The molecule has 116 valence electrons. The lowest BCUT2D eigenvalue weighted by Gasteiger charge is -2.09. The topological polar surface area (TPSA) is 67.4 Å². The van der Waals surface area contributed by atoms with Gasteiger partial charge in [0.05, 0.1) is 5.02 Å². The van der Waals surface area contributed by atoms with E-state index >= 15 is 0 Å². The van der Waals surface area contributed by atoms with Crippen LogP contribution in [0.3, 0.4) is 0 Å². The van der Waals surface area contributed by atoms with E-state index in [1.165, 1.54) is 6.07 Å². The predicted molar refractivity (Wildman–Crippen MR) is 77.9 cm³/mol. The molecule has 0 atom stereocenters. The first-order valence-electron chi connectivity index (χ1n) is 6.54. The van der Waals surface area contributed by atoms with Gasteiger partial charge in [-0.3, -0.25) is 10.1 Å². The molecule has 0 saturated carbocycles. The average Bonchev–Trinajstić information content (AvgIpc) is 2.37. The number of urea groups is 1. The van der Waals surface area contributed by atoms with E-state index in [0.717, 1.165) is 18.6 Å². The molecule has 21 heavy (non-hydrogen) atoms. The summed E-state index contributed by atoms with van der Waals surface area (Å²) in [5.41, 5.74) is 0. The van der Waals surface area contributed by atoms with E-state index < -0.39 is 17.8 Å². The third kappa shape index (κ3) is 6.94. The number of nitrogens with one attached hydrogen (secondary N) is 2. The van der Waals surface area contributed by atoms with Crippen molar-refractivity contribution < 1.29 is 18.7 Å². The Morgan fingerprint density at radius 3 is 2.71 bits per heavy atom. The number of ether oxygens (including phenoxy) is 1.